The molecule has 6 nitrogen and oxygen atoms in total. The first-order valence-corrected chi connectivity index (χ1v) is 10.2. The van der Waals surface area contributed by atoms with Crippen LogP contribution in [0.2, 0.25) is 5.02 Å². The number of esters is 1. The molecule has 0 radical (unpaired) electrons. The number of primary amides is 1. The van der Waals surface area contributed by atoms with Crippen LogP contribution in [0.3, 0.4) is 0 Å². The van der Waals surface area contributed by atoms with Crippen molar-refractivity contribution >= 4 is 34.4 Å². The number of carbonyl (C=O) groups excluding carboxylic acids is 2. The van der Waals surface area contributed by atoms with Crippen LogP contribution in [0.25, 0.3) is 10.9 Å². The van der Waals surface area contributed by atoms with Crippen molar-refractivity contribution in [3.63, 3.8) is 0 Å². The quantitative estimate of drug-likeness (QED) is 0.438. The molecule has 0 aliphatic heterocycles. The summed E-state index contributed by atoms with van der Waals surface area (Å²) >= 11 is 5.91. The lowest BCUT2D eigenvalue weighted by Gasteiger charge is -2.12. The van der Waals surface area contributed by atoms with E-state index in [-0.39, 0.29) is 24.4 Å². The minimum absolute atomic E-state index is 0.0135. The van der Waals surface area contributed by atoms with Gasteiger partial charge in [-0.1, -0.05) is 54.1 Å². The second-order valence-electron chi connectivity index (χ2n) is 7.21. The van der Waals surface area contributed by atoms with Gasteiger partial charge in [0.2, 0.25) is 0 Å². The van der Waals surface area contributed by atoms with Crippen molar-refractivity contribution in [3.05, 3.63) is 106 Å². The zero-order chi connectivity index (χ0) is 22.7. The molecule has 158 valence electrons. The first kappa shape index (κ1) is 21.2. The summed E-state index contributed by atoms with van der Waals surface area (Å²) in [6.07, 6.45) is 0. The average molecular weight is 444 g/mol. The summed E-state index contributed by atoms with van der Waals surface area (Å²) in [5, 5.41) is 10.4. The first-order valence-electron chi connectivity index (χ1n) is 9.79. The van der Waals surface area contributed by atoms with Crippen LogP contribution in [0.1, 0.15) is 37.5 Å². The van der Waals surface area contributed by atoms with Gasteiger partial charge in [-0.3, -0.25) is 4.79 Å². The number of benzene rings is 3. The Morgan fingerprint density at radius 1 is 1.00 bits per heavy atom. The molecule has 0 unspecified atom stereocenters. The van der Waals surface area contributed by atoms with Gasteiger partial charge in [0.1, 0.15) is 12.3 Å². The number of hydrogen-bond donors (Lipinski definition) is 1. The van der Waals surface area contributed by atoms with Crippen LogP contribution >= 0.6 is 11.6 Å². The number of nitriles is 1. The maximum atomic E-state index is 13.2. The highest BCUT2D eigenvalue weighted by Gasteiger charge is 2.27. The lowest BCUT2D eigenvalue weighted by atomic mass is 10.1. The van der Waals surface area contributed by atoms with Gasteiger partial charge < -0.3 is 15.0 Å². The Labute approximate surface area is 189 Å². The number of fused-ring (bicyclic) bond motifs is 1. The van der Waals surface area contributed by atoms with Crippen molar-refractivity contribution in [1.82, 2.24) is 4.57 Å². The lowest BCUT2D eigenvalue weighted by molar-refractivity contribution is 0.0458. The summed E-state index contributed by atoms with van der Waals surface area (Å²) in [6, 6.07) is 23.2. The van der Waals surface area contributed by atoms with Gasteiger partial charge in [0.25, 0.3) is 5.91 Å². The molecule has 1 amide bonds. The smallest absolute Gasteiger partial charge is 0.356 e. The maximum Gasteiger partial charge on any atom is 0.356 e. The zero-order valence-corrected chi connectivity index (χ0v) is 17.7. The van der Waals surface area contributed by atoms with E-state index < -0.39 is 11.9 Å². The Balaban J connectivity index is 1.78. The molecular formula is C25H18ClN3O3. The Hall–Kier alpha value is -4.08. The highest BCUT2D eigenvalue weighted by atomic mass is 35.5. The maximum absolute atomic E-state index is 13.2. The van der Waals surface area contributed by atoms with E-state index in [1.54, 1.807) is 59.2 Å². The second kappa shape index (κ2) is 8.96. The summed E-state index contributed by atoms with van der Waals surface area (Å²) in [6.45, 7) is 0.272. The van der Waals surface area contributed by atoms with Crippen LogP contribution < -0.4 is 5.73 Å². The van der Waals surface area contributed by atoms with E-state index >= 15 is 0 Å². The highest BCUT2D eigenvalue weighted by molar-refractivity contribution is 6.30. The topological polar surface area (TPSA) is 98.1 Å². The molecule has 0 saturated heterocycles. The van der Waals surface area contributed by atoms with Crippen molar-refractivity contribution in [3.8, 4) is 6.07 Å². The predicted octanol–water partition coefficient (Wildman–Crippen LogP) is 4.67. The van der Waals surface area contributed by atoms with Crippen molar-refractivity contribution < 1.29 is 14.3 Å². The molecule has 1 heterocycles. The highest BCUT2D eigenvalue weighted by Crippen LogP contribution is 2.28. The average Bonchev–Trinajstić information content (AvgIpc) is 3.13. The summed E-state index contributed by atoms with van der Waals surface area (Å²) < 4.78 is 7.24. The van der Waals surface area contributed by atoms with E-state index in [0.717, 1.165) is 11.1 Å². The standard InChI is InChI=1S/C25H18ClN3O3/c26-19-10-8-16(9-11-19)15-32-25(31)23-22(24(28)30)20-6-1-2-7-21(20)29(23)14-18-5-3-4-17(12-18)13-27/h1-12H,14-15H2,(H2,28,30). The zero-order valence-electron chi connectivity index (χ0n) is 16.9. The fourth-order valence-electron chi connectivity index (χ4n) is 3.65. The number of ether oxygens (including phenoxy) is 1. The number of hydrogen-bond acceptors (Lipinski definition) is 4. The molecule has 1 aromatic heterocycles. The Morgan fingerprint density at radius 3 is 2.47 bits per heavy atom. The normalized spacial score (nSPS) is 10.6. The van der Waals surface area contributed by atoms with E-state index in [1.807, 2.05) is 18.2 Å². The molecule has 0 spiro atoms. The molecule has 0 aliphatic carbocycles. The van der Waals surface area contributed by atoms with Crippen LogP contribution in [-0.4, -0.2) is 16.4 Å². The van der Waals surface area contributed by atoms with Crippen molar-refractivity contribution in [2.45, 2.75) is 13.2 Å². The molecule has 3 aromatic carbocycles. The van der Waals surface area contributed by atoms with E-state index in [1.165, 1.54) is 0 Å². The minimum atomic E-state index is -0.718. The number of rotatable bonds is 6. The Kier molecular flexibility index (Phi) is 5.93. The largest absolute Gasteiger partial charge is 0.456 e. The fraction of sp³-hybridized carbons (Fsp3) is 0.0800. The number of nitrogens with zero attached hydrogens (tertiary/aromatic N) is 2. The number of para-hydroxylation sites is 1. The van der Waals surface area contributed by atoms with E-state index in [2.05, 4.69) is 6.07 Å². The number of halogens is 1. The summed E-state index contributed by atoms with van der Waals surface area (Å²) in [5.74, 6) is -1.38. The van der Waals surface area contributed by atoms with Crippen molar-refractivity contribution in [2.75, 3.05) is 0 Å². The van der Waals surface area contributed by atoms with Crippen LogP contribution in [0.4, 0.5) is 0 Å². The monoisotopic (exact) mass is 443 g/mol. The van der Waals surface area contributed by atoms with Gasteiger partial charge in [-0.2, -0.15) is 5.26 Å². The van der Waals surface area contributed by atoms with Gasteiger partial charge in [0.15, 0.2) is 0 Å². The third-order valence-corrected chi connectivity index (χ3v) is 5.34. The van der Waals surface area contributed by atoms with Gasteiger partial charge in [-0.15, -0.1) is 0 Å². The molecule has 0 bridgehead atoms. The fourth-order valence-corrected chi connectivity index (χ4v) is 3.77. The molecule has 2 N–H and O–H groups in total. The van der Waals surface area contributed by atoms with Crippen LogP contribution in [0.15, 0.2) is 72.8 Å². The van der Waals surface area contributed by atoms with Crippen LogP contribution in [0.5, 0.6) is 0 Å². The van der Waals surface area contributed by atoms with Gasteiger partial charge in [-0.25, -0.2) is 4.79 Å². The molecule has 7 heteroatoms. The lowest BCUT2D eigenvalue weighted by Crippen LogP contribution is -2.20. The molecular weight excluding hydrogens is 426 g/mol. The van der Waals surface area contributed by atoms with Gasteiger partial charge in [0, 0.05) is 22.5 Å². The summed E-state index contributed by atoms with van der Waals surface area (Å²) in [7, 11) is 0. The first-order chi connectivity index (χ1) is 15.5. The van der Waals surface area contributed by atoms with E-state index in [4.69, 9.17) is 22.1 Å². The molecule has 0 saturated carbocycles. The van der Waals surface area contributed by atoms with Crippen molar-refractivity contribution in [2.24, 2.45) is 5.73 Å². The number of nitrogens with two attached hydrogens (primary N) is 1. The number of aromatic nitrogens is 1. The molecule has 0 fully saturated rings. The Morgan fingerprint density at radius 2 is 1.75 bits per heavy atom. The molecule has 0 atom stereocenters. The summed E-state index contributed by atoms with van der Waals surface area (Å²) in [4.78, 5) is 25.5. The SMILES string of the molecule is N#Cc1cccc(Cn2c(C(=O)OCc3ccc(Cl)cc3)c(C(N)=O)c3ccccc32)c1. The van der Waals surface area contributed by atoms with Crippen LogP contribution in [0, 0.1) is 11.3 Å². The molecule has 4 aromatic rings. The van der Waals surface area contributed by atoms with Gasteiger partial charge in [0.05, 0.1) is 17.2 Å². The number of carbonyl (C=O) groups is 2. The van der Waals surface area contributed by atoms with Gasteiger partial charge in [-0.05, 0) is 41.5 Å². The van der Waals surface area contributed by atoms with Crippen molar-refractivity contribution in [1.29, 1.82) is 5.26 Å². The Bertz CT molecular complexity index is 1370. The molecule has 32 heavy (non-hydrogen) atoms. The van der Waals surface area contributed by atoms with E-state index in [0.29, 0.717) is 21.5 Å². The van der Waals surface area contributed by atoms with Gasteiger partial charge >= 0.3 is 5.97 Å². The minimum Gasteiger partial charge on any atom is -0.456 e. The van der Waals surface area contributed by atoms with E-state index in [9.17, 15) is 14.9 Å². The molecule has 0 aliphatic rings. The third kappa shape index (κ3) is 4.20. The van der Waals surface area contributed by atoms with Crippen LogP contribution in [-0.2, 0) is 17.9 Å². The predicted molar refractivity (Wildman–Crippen MR) is 121 cm³/mol. The summed E-state index contributed by atoms with van der Waals surface area (Å²) in [5.41, 5.74) is 8.59. The second-order valence-corrected chi connectivity index (χ2v) is 7.64. The third-order valence-electron chi connectivity index (χ3n) is 5.09. The molecule has 4 rings (SSSR count). The number of amides is 1.